The standard InChI is InChI=1S/C29H40F4N2O/c30-25-15-19(11-13-24(25)29(31,32)33)16-35-17-22-12-14-26(23(22)18-35)34-28(36)27(20-7-3-1-4-8-20)21-9-5-2-6-10-21/h11,13,15,20-23,26-27H,1-10,12,14,16-18H2,(H,34,36)/t22-,23+,26+/m0/s1. The Kier molecular flexibility index (Phi) is 7.95. The maximum Gasteiger partial charge on any atom is 0.419 e. The van der Waals surface area contributed by atoms with E-state index in [1.165, 1.54) is 70.3 Å². The van der Waals surface area contributed by atoms with Gasteiger partial charge in [-0.05, 0) is 79.9 Å². The Morgan fingerprint density at radius 2 is 1.56 bits per heavy atom. The summed E-state index contributed by atoms with van der Waals surface area (Å²) in [6.07, 6.45) is 9.69. The molecule has 4 fully saturated rings. The lowest BCUT2D eigenvalue weighted by Crippen LogP contribution is -2.47. The first-order valence-corrected chi connectivity index (χ1v) is 14.2. The zero-order valence-corrected chi connectivity index (χ0v) is 21.2. The van der Waals surface area contributed by atoms with Crippen molar-refractivity contribution in [2.75, 3.05) is 13.1 Å². The molecule has 5 rings (SSSR count). The molecule has 4 aliphatic rings. The number of hydrogen-bond donors (Lipinski definition) is 1. The molecule has 3 aliphatic carbocycles. The minimum Gasteiger partial charge on any atom is -0.353 e. The molecule has 3 saturated carbocycles. The van der Waals surface area contributed by atoms with Crippen molar-refractivity contribution in [1.82, 2.24) is 10.2 Å². The number of carbonyl (C=O) groups is 1. The number of fused-ring (bicyclic) bond motifs is 1. The Morgan fingerprint density at radius 3 is 2.14 bits per heavy atom. The Balaban J connectivity index is 1.21. The second-order valence-electron chi connectivity index (χ2n) is 11.9. The lowest BCUT2D eigenvalue weighted by Gasteiger charge is -2.37. The highest BCUT2D eigenvalue weighted by molar-refractivity contribution is 5.79. The van der Waals surface area contributed by atoms with Crippen molar-refractivity contribution in [3.63, 3.8) is 0 Å². The van der Waals surface area contributed by atoms with Gasteiger partial charge in [0, 0.05) is 31.6 Å². The van der Waals surface area contributed by atoms with Gasteiger partial charge in [0.1, 0.15) is 5.82 Å². The van der Waals surface area contributed by atoms with Crippen LogP contribution in [0.25, 0.3) is 0 Å². The maximum absolute atomic E-state index is 14.1. The van der Waals surface area contributed by atoms with Crippen LogP contribution in [0.1, 0.15) is 88.2 Å². The van der Waals surface area contributed by atoms with E-state index in [4.69, 9.17) is 0 Å². The van der Waals surface area contributed by atoms with E-state index in [1.807, 2.05) is 0 Å². The van der Waals surface area contributed by atoms with Crippen LogP contribution in [0.15, 0.2) is 18.2 Å². The summed E-state index contributed by atoms with van der Waals surface area (Å²) in [7, 11) is 0. The highest BCUT2D eigenvalue weighted by Crippen LogP contribution is 2.42. The molecule has 1 aromatic carbocycles. The summed E-state index contributed by atoms with van der Waals surface area (Å²) in [6.45, 7) is 2.10. The molecule has 200 valence electrons. The summed E-state index contributed by atoms with van der Waals surface area (Å²) in [5.74, 6) is 1.12. The van der Waals surface area contributed by atoms with Gasteiger partial charge >= 0.3 is 6.18 Å². The average molecular weight is 509 g/mol. The summed E-state index contributed by atoms with van der Waals surface area (Å²) < 4.78 is 52.7. The number of benzene rings is 1. The molecule has 1 aromatic rings. The molecule has 1 aliphatic heterocycles. The van der Waals surface area contributed by atoms with Crippen LogP contribution in [0.4, 0.5) is 17.6 Å². The predicted molar refractivity (Wildman–Crippen MR) is 131 cm³/mol. The van der Waals surface area contributed by atoms with Gasteiger partial charge in [-0.15, -0.1) is 0 Å². The van der Waals surface area contributed by atoms with E-state index in [1.54, 1.807) is 0 Å². The number of hydrogen-bond acceptors (Lipinski definition) is 2. The fourth-order valence-electron chi connectivity index (χ4n) is 7.89. The van der Waals surface area contributed by atoms with Gasteiger partial charge in [-0.25, -0.2) is 4.39 Å². The average Bonchev–Trinajstić information content (AvgIpc) is 3.41. The van der Waals surface area contributed by atoms with Crippen LogP contribution < -0.4 is 5.32 Å². The number of halogens is 4. The van der Waals surface area contributed by atoms with Crippen molar-refractivity contribution in [2.24, 2.45) is 29.6 Å². The number of rotatable bonds is 6. The highest BCUT2D eigenvalue weighted by atomic mass is 19.4. The van der Waals surface area contributed by atoms with E-state index in [0.29, 0.717) is 35.8 Å². The molecular weight excluding hydrogens is 468 g/mol. The zero-order valence-electron chi connectivity index (χ0n) is 21.2. The summed E-state index contributed by atoms with van der Waals surface area (Å²) in [4.78, 5) is 16.0. The molecule has 36 heavy (non-hydrogen) atoms. The van der Waals surface area contributed by atoms with Gasteiger partial charge in [0.15, 0.2) is 0 Å². The lowest BCUT2D eigenvalue weighted by molar-refractivity contribution is -0.140. The molecule has 3 atom stereocenters. The van der Waals surface area contributed by atoms with E-state index >= 15 is 0 Å². The van der Waals surface area contributed by atoms with Gasteiger partial charge in [0.2, 0.25) is 5.91 Å². The van der Waals surface area contributed by atoms with Crippen molar-refractivity contribution in [2.45, 2.75) is 95.8 Å². The molecule has 7 heteroatoms. The number of nitrogens with zero attached hydrogens (tertiary/aromatic N) is 1. The van der Waals surface area contributed by atoms with Crippen molar-refractivity contribution < 1.29 is 22.4 Å². The monoisotopic (exact) mass is 508 g/mol. The summed E-state index contributed by atoms with van der Waals surface area (Å²) >= 11 is 0. The smallest absolute Gasteiger partial charge is 0.353 e. The Hall–Kier alpha value is -1.63. The molecule has 1 amide bonds. The van der Waals surface area contributed by atoms with Crippen LogP contribution in [-0.4, -0.2) is 29.9 Å². The highest BCUT2D eigenvalue weighted by Gasteiger charge is 2.45. The third-order valence-corrected chi connectivity index (χ3v) is 9.62. The van der Waals surface area contributed by atoms with Gasteiger partial charge in [0.05, 0.1) is 5.56 Å². The Labute approximate surface area is 212 Å². The van der Waals surface area contributed by atoms with E-state index in [-0.39, 0.29) is 17.9 Å². The van der Waals surface area contributed by atoms with Gasteiger partial charge in [0.25, 0.3) is 0 Å². The molecule has 0 spiro atoms. The van der Waals surface area contributed by atoms with Crippen LogP contribution in [0, 0.1) is 35.4 Å². The number of carbonyl (C=O) groups excluding carboxylic acids is 1. The second-order valence-corrected chi connectivity index (χ2v) is 11.9. The molecule has 0 radical (unpaired) electrons. The lowest BCUT2D eigenvalue weighted by atomic mass is 9.69. The van der Waals surface area contributed by atoms with Gasteiger partial charge < -0.3 is 5.32 Å². The summed E-state index contributed by atoms with van der Waals surface area (Å²) in [5.41, 5.74) is -0.645. The molecule has 0 aromatic heterocycles. The van der Waals surface area contributed by atoms with Gasteiger partial charge in [-0.2, -0.15) is 13.2 Å². The summed E-state index contributed by atoms with van der Waals surface area (Å²) in [6, 6.07) is 3.43. The van der Waals surface area contributed by atoms with E-state index in [9.17, 15) is 22.4 Å². The molecule has 0 bridgehead atoms. The SMILES string of the molecule is O=C(N[C@@H]1CC[C@H]2CN(Cc3ccc(C(F)(F)F)c(F)c3)C[C@H]21)C(C1CCCCC1)C1CCCCC1. The van der Waals surface area contributed by atoms with Gasteiger partial charge in [-0.1, -0.05) is 44.6 Å². The molecular formula is C29H40F4N2O. The molecule has 1 N–H and O–H groups in total. The molecule has 0 unspecified atom stereocenters. The third-order valence-electron chi connectivity index (χ3n) is 9.62. The van der Waals surface area contributed by atoms with Crippen molar-refractivity contribution >= 4 is 5.91 Å². The summed E-state index contributed by atoms with van der Waals surface area (Å²) in [5, 5.41) is 3.51. The second kappa shape index (κ2) is 11.0. The zero-order chi connectivity index (χ0) is 25.3. The van der Waals surface area contributed by atoms with E-state index in [2.05, 4.69) is 10.2 Å². The van der Waals surface area contributed by atoms with Crippen molar-refractivity contribution in [1.29, 1.82) is 0 Å². The van der Waals surface area contributed by atoms with E-state index < -0.39 is 17.6 Å². The number of alkyl halides is 3. The first-order chi connectivity index (χ1) is 17.3. The van der Waals surface area contributed by atoms with Crippen LogP contribution in [-0.2, 0) is 17.5 Å². The predicted octanol–water partition coefficient (Wildman–Crippen LogP) is 6.95. The van der Waals surface area contributed by atoms with Crippen molar-refractivity contribution in [3.05, 3.63) is 35.1 Å². The van der Waals surface area contributed by atoms with Gasteiger partial charge in [-0.3, -0.25) is 9.69 Å². The largest absolute Gasteiger partial charge is 0.419 e. The number of likely N-dealkylation sites (tertiary alicyclic amines) is 1. The fourth-order valence-corrected chi connectivity index (χ4v) is 7.89. The molecule has 1 saturated heterocycles. The van der Waals surface area contributed by atoms with Crippen LogP contribution in [0.3, 0.4) is 0 Å². The Bertz CT molecular complexity index is 889. The number of nitrogens with one attached hydrogen (secondary N) is 1. The van der Waals surface area contributed by atoms with Crippen LogP contribution >= 0.6 is 0 Å². The Morgan fingerprint density at radius 1 is 0.917 bits per heavy atom. The van der Waals surface area contributed by atoms with E-state index in [0.717, 1.165) is 38.1 Å². The molecule has 3 nitrogen and oxygen atoms in total. The quantitative estimate of drug-likeness (QED) is 0.422. The normalized spacial score (nSPS) is 28.5. The third kappa shape index (κ3) is 5.76. The van der Waals surface area contributed by atoms with Crippen molar-refractivity contribution in [3.8, 4) is 0 Å². The fraction of sp³-hybridized carbons (Fsp3) is 0.759. The minimum atomic E-state index is -4.67. The first-order valence-electron chi connectivity index (χ1n) is 14.2. The first kappa shape index (κ1) is 26.0. The minimum absolute atomic E-state index is 0.150. The molecule has 1 heterocycles. The van der Waals surface area contributed by atoms with Crippen LogP contribution in [0.5, 0.6) is 0 Å². The maximum atomic E-state index is 14.1. The topological polar surface area (TPSA) is 32.3 Å². The number of amides is 1. The van der Waals surface area contributed by atoms with Crippen LogP contribution in [0.2, 0.25) is 0 Å².